The molecule has 4 nitrogen and oxygen atoms in total. The Kier molecular flexibility index (Phi) is 3.72. The van der Waals surface area contributed by atoms with Gasteiger partial charge in [-0.3, -0.25) is 4.98 Å². The van der Waals surface area contributed by atoms with Crippen LogP contribution in [-0.4, -0.2) is 29.1 Å². The number of nitrogens with one attached hydrogen (secondary N) is 1. The van der Waals surface area contributed by atoms with Crippen molar-refractivity contribution in [1.29, 1.82) is 0 Å². The molecule has 0 aromatic carbocycles. The molecule has 88 valence electrons. The molecule has 1 aliphatic rings. The summed E-state index contributed by atoms with van der Waals surface area (Å²) in [5.41, 5.74) is 1.03. The second kappa shape index (κ2) is 5.25. The first-order valence-electron chi connectivity index (χ1n) is 6.05. The standard InChI is InChI=1S/C12H20N4/c1-10(2)14-8-11-7-13-9-12(15-11)16-5-3-4-6-16/h7,9-10,14H,3-6,8H2,1-2H3. The molecule has 1 fully saturated rings. The summed E-state index contributed by atoms with van der Waals surface area (Å²) in [5.74, 6) is 1.03. The predicted molar refractivity (Wildman–Crippen MR) is 65.5 cm³/mol. The van der Waals surface area contributed by atoms with Crippen molar-refractivity contribution in [2.45, 2.75) is 39.3 Å². The van der Waals surface area contributed by atoms with Crippen LogP contribution in [0.2, 0.25) is 0 Å². The second-order valence-electron chi connectivity index (χ2n) is 4.60. The summed E-state index contributed by atoms with van der Waals surface area (Å²) >= 11 is 0. The van der Waals surface area contributed by atoms with Gasteiger partial charge in [-0.15, -0.1) is 0 Å². The van der Waals surface area contributed by atoms with Crippen LogP contribution in [0.1, 0.15) is 32.4 Å². The van der Waals surface area contributed by atoms with E-state index < -0.39 is 0 Å². The highest BCUT2D eigenvalue weighted by molar-refractivity contribution is 5.37. The zero-order valence-corrected chi connectivity index (χ0v) is 10.1. The molecule has 2 heterocycles. The zero-order valence-electron chi connectivity index (χ0n) is 10.1. The van der Waals surface area contributed by atoms with Gasteiger partial charge in [-0.25, -0.2) is 4.98 Å². The Morgan fingerprint density at radius 1 is 1.31 bits per heavy atom. The normalized spacial score (nSPS) is 16.1. The first-order chi connectivity index (χ1) is 7.75. The maximum absolute atomic E-state index is 4.63. The predicted octanol–water partition coefficient (Wildman–Crippen LogP) is 1.57. The second-order valence-corrected chi connectivity index (χ2v) is 4.60. The van der Waals surface area contributed by atoms with Gasteiger partial charge in [0.05, 0.1) is 11.9 Å². The van der Waals surface area contributed by atoms with Gasteiger partial charge in [-0.2, -0.15) is 0 Å². The van der Waals surface area contributed by atoms with Gasteiger partial charge < -0.3 is 10.2 Å². The van der Waals surface area contributed by atoms with E-state index in [1.807, 2.05) is 12.4 Å². The van der Waals surface area contributed by atoms with Gasteiger partial charge >= 0.3 is 0 Å². The maximum Gasteiger partial charge on any atom is 0.147 e. The summed E-state index contributed by atoms with van der Waals surface area (Å²) in [6.45, 7) is 7.31. The molecular weight excluding hydrogens is 200 g/mol. The van der Waals surface area contributed by atoms with E-state index in [-0.39, 0.29) is 0 Å². The average molecular weight is 220 g/mol. The highest BCUT2D eigenvalue weighted by atomic mass is 15.2. The molecule has 1 N–H and O–H groups in total. The number of aromatic nitrogens is 2. The molecule has 0 spiro atoms. The van der Waals surface area contributed by atoms with Crippen LogP contribution < -0.4 is 10.2 Å². The fourth-order valence-corrected chi connectivity index (χ4v) is 1.89. The first kappa shape index (κ1) is 11.3. The summed E-state index contributed by atoms with van der Waals surface area (Å²) in [4.78, 5) is 11.2. The van der Waals surface area contributed by atoms with Crippen LogP contribution >= 0.6 is 0 Å². The minimum Gasteiger partial charge on any atom is -0.355 e. The topological polar surface area (TPSA) is 41.1 Å². The van der Waals surface area contributed by atoms with E-state index in [0.717, 1.165) is 31.1 Å². The summed E-state index contributed by atoms with van der Waals surface area (Å²) in [7, 11) is 0. The number of hydrogen-bond donors (Lipinski definition) is 1. The minimum absolute atomic E-state index is 0.484. The number of rotatable bonds is 4. The summed E-state index contributed by atoms with van der Waals surface area (Å²) in [6.07, 6.45) is 6.26. The van der Waals surface area contributed by atoms with Crippen LogP contribution in [0.15, 0.2) is 12.4 Å². The highest BCUT2D eigenvalue weighted by Crippen LogP contribution is 2.16. The molecule has 16 heavy (non-hydrogen) atoms. The molecule has 1 aliphatic heterocycles. The molecular formula is C12H20N4. The van der Waals surface area contributed by atoms with E-state index in [1.54, 1.807) is 0 Å². The molecule has 0 aliphatic carbocycles. The third-order valence-electron chi connectivity index (χ3n) is 2.79. The fourth-order valence-electron chi connectivity index (χ4n) is 1.89. The van der Waals surface area contributed by atoms with Crippen molar-refractivity contribution in [3.63, 3.8) is 0 Å². The van der Waals surface area contributed by atoms with Crippen molar-refractivity contribution in [3.05, 3.63) is 18.1 Å². The van der Waals surface area contributed by atoms with Crippen LogP contribution in [0.5, 0.6) is 0 Å². The van der Waals surface area contributed by atoms with E-state index in [0.29, 0.717) is 6.04 Å². The SMILES string of the molecule is CC(C)NCc1cncc(N2CCCC2)n1. The molecule has 1 aromatic rings. The number of anilines is 1. The highest BCUT2D eigenvalue weighted by Gasteiger charge is 2.13. The molecule has 0 bridgehead atoms. The summed E-state index contributed by atoms with van der Waals surface area (Å²) in [6, 6.07) is 0.484. The quantitative estimate of drug-likeness (QED) is 0.836. The Bertz CT molecular complexity index is 332. The van der Waals surface area contributed by atoms with Crippen molar-refractivity contribution in [3.8, 4) is 0 Å². The smallest absolute Gasteiger partial charge is 0.147 e. The molecule has 4 heteroatoms. The Hall–Kier alpha value is -1.16. The van der Waals surface area contributed by atoms with Gasteiger partial charge in [-0.05, 0) is 12.8 Å². The van der Waals surface area contributed by atoms with E-state index in [1.165, 1.54) is 12.8 Å². The van der Waals surface area contributed by atoms with Gasteiger partial charge in [0.25, 0.3) is 0 Å². The van der Waals surface area contributed by atoms with Crippen molar-refractivity contribution < 1.29 is 0 Å². The Morgan fingerprint density at radius 3 is 2.75 bits per heavy atom. The molecule has 1 aromatic heterocycles. The van der Waals surface area contributed by atoms with Crippen molar-refractivity contribution in [1.82, 2.24) is 15.3 Å². The summed E-state index contributed by atoms with van der Waals surface area (Å²) in [5, 5.41) is 3.36. The lowest BCUT2D eigenvalue weighted by Gasteiger charge is -2.16. The number of nitrogens with zero attached hydrogens (tertiary/aromatic N) is 3. The molecule has 0 radical (unpaired) electrons. The first-order valence-corrected chi connectivity index (χ1v) is 6.05. The molecule has 0 atom stereocenters. The van der Waals surface area contributed by atoms with Crippen LogP contribution in [0.4, 0.5) is 5.82 Å². The Labute approximate surface area is 97.1 Å². The van der Waals surface area contributed by atoms with Crippen LogP contribution in [0, 0.1) is 0 Å². The van der Waals surface area contributed by atoms with E-state index in [4.69, 9.17) is 0 Å². The van der Waals surface area contributed by atoms with Crippen molar-refractivity contribution in [2.24, 2.45) is 0 Å². The van der Waals surface area contributed by atoms with Crippen molar-refractivity contribution in [2.75, 3.05) is 18.0 Å². The molecule has 0 unspecified atom stereocenters. The lowest BCUT2D eigenvalue weighted by atomic mass is 10.3. The zero-order chi connectivity index (χ0) is 11.4. The van der Waals surface area contributed by atoms with Crippen LogP contribution in [0.25, 0.3) is 0 Å². The fraction of sp³-hybridized carbons (Fsp3) is 0.667. The van der Waals surface area contributed by atoms with Crippen LogP contribution in [-0.2, 0) is 6.54 Å². The number of hydrogen-bond acceptors (Lipinski definition) is 4. The van der Waals surface area contributed by atoms with Gasteiger partial charge in [-0.1, -0.05) is 13.8 Å². The Morgan fingerprint density at radius 2 is 2.06 bits per heavy atom. The maximum atomic E-state index is 4.63. The van der Waals surface area contributed by atoms with E-state index >= 15 is 0 Å². The van der Waals surface area contributed by atoms with Gasteiger partial charge in [0.15, 0.2) is 0 Å². The van der Waals surface area contributed by atoms with Gasteiger partial charge in [0.1, 0.15) is 5.82 Å². The average Bonchev–Trinajstić information content (AvgIpc) is 2.80. The van der Waals surface area contributed by atoms with E-state index in [9.17, 15) is 0 Å². The largest absolute Gasteiger partial charge is 0.355 e. The lowest BCUT2D eigenvalue weighted by Crippen LogP contribution is -2.24. The van der Waals surface area contributed by atoms with Gasteiger partial charge in [0.2, 0.25) is 0 Å². The molecule has 2 rings (SSSR count). The third-order valence-corrected chi connectivity index (χ3v) is 2.79. The monoisotopic (exact) mass is 220 g/mol. The van der Waals surface area contributed by atoms with Gasteiger partial charge in [0, 0.05) is 31.9 Å². The molecule has 1 saturated heterocycles. The third kappa shape index (κ3) is 2.92. The minimum atomic E-state index is 0.484. The lowest BCUT2D eigenvalue weighted by molar-refractivity contribution is 0.580. The van der Waals surface area contributed by atoms with E-state index in [2.05, 4.69) is 34.0 Å². The summed E-state index contributed by atoms with van der Waals surface area (Å²) < 4.78 is 0. The van der Waals surface area contributed by atoms with Crippen molar-refractivity contribution >= 4 is 5.82 Å². The molecule has 0 saturated carbocycles. The molecule has 0 amide bonds. The Balaban J connectivity index is 2.01. The van der Waals surface area contributed by atoms with Crippen LogP contribution in [0.3, 0.4) is 0 Å².